The van der Waals surface area contributed by atoms with Crippen LogP contribution in [0.2, 0.25) is 0 Å². The van der Waals surface area contributed by atoms with Crippen LogP contribution in [0.4, 0.5) is 0 Å². The molecule has 5 heteroatoms. The molecule has 1 aromatic heterocycles. The Hall–Kier alpha value is -0.940. The summed E-state index contributed by atoms with van der Waals surface area (Å²) in [5, 5.41) is 11.5. The Morgan fingerprint density at radius 3 is 2.71 bits per heavy atom. The van der Waals surface area contributed by atoms with Crippen molar-refractivity contribution in [3.8, 4) is 0 Å². The number of aromatic nitrogens is 2. The Morgan fingerprint density at radius 2 is 2.12 bits per heavy atom. The van der Waals surface area contributed by atoms with Crippen molar-refractivity contribution in [2.45, 2.75) is 56.7 Å². The highest BCUT2D eigenvalue weighted by molar-refractivity contribution is 4.98. The van der Waals surface area contributed by atoms with E-state index in [9.17, 15) is 0 Å². The Morgan fingerprint density at radius 1 is 1.35 bits per heavy atom. The predicted molar refractivity (Wildman–Crippen MR) is 61.5 cm³/mol. The summed E-state index contributed by atoms with van der Waals surface area (Å²) in [7, 11) is 1.77. The van der Waals surface area contributed by atoms with Crippen LogP contribution in [0.5, 0.6) is 0 Å². The molecule has 1 heterocycles. The van der Waals surface area contributed by atoms with Crippen LogP contribution in [0, 0.1) is 0 Å². The third-order valence-corrected chi connectivity index (χ3v) is 3.80. The molecule has 1 aromatic rings. The lowest BCUT2D eigenvalue weighted by atomic mass is 9.77. The number of hydrogen-bond acceptors (Lipinski definition) is 5. The van der Waals surface area contributed by atoms with Gasteiger partial charge in [-0.15, -0.1) is 10.2 Å². The summed E-state index contributed by atoms with van der Waals surface area (Å²) in [4.78, 5) is 0. The molecule has 2 aliphatic rings. The van der Waals surface area contributed by atoms with Gasteiger partial charge in [0.05, 0.1) is 18.6 Å². The summed E-state index contributed by atoms with van der Waals surface area (Å²) in [6.07, 6.45) is 6.72. The van der Waals surface area contributed by atoms with Gasteiger partial charge in [0, 0.05) is 13.2 Å². The topological polar surface area (TPSA) is 60.2 Å². The summed E-state index contributed by atoms with van der Waals surface area (Å²) < 4.78 is 11.2. The van der Waals surface area contributed by atoms with E-state index in [0.717, 1.165) is 19.3 Å². The first kappa shape index (κ1) is 11.2. The molecule has 0 bridgehead atoms. The SMILES string of the molecule is COC1(Cc2nnc(CNC3CC3)o2)CCC1. The highest BCUT2D eigenvalue weighted by atomic mass is 16.5. The van der Waals surface area contributed by atoms with Gasteiger partial charge in [0.2, 0.25) is 11.8 Å². The number of ether oxygens (including phenoxy) is 1. The van der Waals surface area contributed by atoms with Crippen LogP contribution >= 0.6 is 0 Å². The molecule has 94 valence electrons. The molecule has 0 spiro atoms. The van der Waals surface area contributed by atoms with Gasteiger partial charge in [-0.3, -0.25) is 0 Å². The molecule has 2 aliphatic carbocycles. The van der Waals surface area contributed by atoms with Gasteiger partial charge in [-0.1, -0.05) is 0 Å². The summed E-state index contributed by atoms with van der Waals surface area (Å²) >= 11 is 0. The minimum Gasteiger partial charge on any atom is -0.424 e. The fraction of sp³-hybridized carbons (Fsp3) is 0.833. The van der Waals surface area contributed by atoms with Crippen molar-refractivity contribution in [1.82, 2.24) is 15.5 Å². The van der Waals surface area contributed by atoms with Crippen molar-refractivity contribution in [2.75, 3.05) is 7.11 Å². The maximum absolute atomic E-state index is 5.63. The summed E-state index contributed by atoms with van der Waals surface area (Å²) in [6, 6.07) is 0.669. The van der Waals surface area contributed by atoms with Gasteiger partial charge in [-0.2, -0.15) is 0 Å². The second kappa shape index (κ2) is 4.38. The van der Waals surface area contributed by atoms with Gasteiger partial charge < -0.3 is 14.5 Å². The quantitative estimate of drug-likeness (QED) is 0.811. The van der Waals surface area contributed by atoms with Crippen molar-refractivity contribution in [1.29, 1.82) is 0 Å². The zero-order valence-corrected chi connectivity index (χ0v) is 10.2. The van der Waals surface area contributed by atoms with Crippen molar-refractivity contribution in [2.24, 2.45) is 0 Å². The predicted octanol–water partition coefficient (Wildman–Crippen LogP) is 1.43. The fourth-order valence-electron chi connectivity index (χ4n) is 2.25. The van der Waals surface area contributed by atoms with Gasteiger partial charge >= 0.3 is 0 Å². The molecule has 5 nitrogen and oxygen atoms in total. The van der Waals surface area contributed by atoms with E-state index in [4.69, 9.17) is 9.15 Å². The molecular weight excluding hydrogens is 218 g/mol. The van der Waals surface area contributed by atoms with Gasteiger partial charge in [-0.25, -0.2) is 0 Å². The van der Waals surface area contributed by atoms with Gasteiger partial charge in [0.15, 0.2) is 0 Å². The smallest absolute Gasteiger partial charge is 0.230 e. The standard InChI is InChI=1S/C12H19N3O2/c1-16-12(5-2-6-12)7-10-14-15-11(17-10)8-13-9-3-4-9/h9,13H,2-8H2,1H3. The lowest BCUT2D eigenvalue weighted by Gasteiger charge is -2.39. The average molecular weight is 237 g/mol. The minimum absolute atomic E-state index is 0.0340. The first-order valence-corrected chi connectivity index (χ1v) is 6.39. The molecule has 2 fully saturated rings. The van der Waals surface area contributed by atoms with Crippen LogP contribution in [0.15, 0.2) is 4.42 Å². The van der Waals surface area contributed by atoms with E-state index in [2.05, 4.69) is 15.5 Å². The van der Waals surface area contributed by atoms with Crippen molar-refractivity contribution in [3.63, 3.8) is 0 Å². The van der Waals surface area contributed by atoms with Crippen molar-refractivity contribution in [3.05, 3.63) is 11.8 Å². The van der Waals surface area contributed by atoms with Gasteiger partial charge in [-0.05, 0) is 32.1 Å². The second-order valence-corrected chi connectivity index (χ2v) is 5.16. The molecule has 2 saturated carbocycles. The number of nitrogens with zero attached hydrogens (tertiary/aromatic N) is 2. The monoisotopic (exact) mass is 237 g/mol. The third-order valence-electron chi connectivity index (χ3n) is 3.80. The molecule has 0 atom stereocenters. The minimum atomic E-state index is -0.0340. The van der Waals surface area contributed by atoms with E-state index < -0.39 is 0 Å². The van der Waals surface area contributed by atoms with E-state index in [1.54, 1.807) is 7.11 Å². The molecule has 1 N–H and O–H groups in total. The number of nitrogens with one attached hydrogen (secondary N) is 1. The number of rotatable bonds is 6. The molecule has 3 rings (SSSR count). The summed E-state index contributed by atoms with van der Waals surface area (Å²) in [5.41, 5.74) is -0.0340. The lowest BCUT2D eigenvalue weighted by molar-refractivity contribution is -0.0747. The molecule has 0 aromatic carbocycles. The molecule has 0 saturated heterocycles. The second-order valence-electron chi connectivity index (χ2n) is 5.16. The normalized spacial score (nSPS) is 22.4. The fourth-order valence-corrected chi connectivity index (χ4v) is 2.25. The van der Waals surface area contributed by atoms with Crippen LogP contribution in [0.25, 0.3) is 0 Å². The molecule has 0 aliphatic heterocycles. The Kier molecular flexibility index (Phi) is 2.88. The third kappa shape index (κ3) is 2.50. The Balaban J connectivity index is 1.55. The largest absolute Gasteiger partial charge is 0.424 e. The first-order valence-electron chi connectivity index (χ1n) is 6.39. The van der Waals surface area contributed by atoms with Crippen LogP contribution < -0.4 is 5.32 Å². The number of hydrogen-bond donors (Lipinski definition) is 1. The summed E-state index contributed by atoms with van der Waals surface area (Å²) in [5.74, 6) is 1.40. The number of methoxy groups -OCH3 is 1. The maximum atomic E-state index is 5.63. The van der Waals surface area contributed by atoms with Crippen LogP contribution in [-0.4, -0.2) is 29.0 Å². The van der Waals surface area contributed by atoms with Gasteiger partial charge in [0.1, 0.15) is 0 Å². The van der Waals surface area contributed by atoms with Crippen LogP contribution in [-0.2, 0) is 17.7 Å². The van der Waals surface area contributed by atoms with E-state index in [1.807, 2.05) is 0 Å². The van der Waals surface area contributed by atoms with Gasteiger partial charge in [0.25, 0.3) is 0 Å². The van der Waals surface area contributed by atoms with E-state index in [-0.39, 0.29) is 5.60 Å². The van der Waals surface area contributed by atoms with E-state index in [1.165, 1.54) is 19.3 Å². The van der Waals surface area contributed by atoms with Crippen molar-refractivity contribution < 1.29 is 9.15 Å². The summed E-state index contributed by atoms with van der Waals surface area (Å²) in [6.45, 7) is 0.692. The molecule has 0 amide bonds. The average Bonchev–Trinajstić information content (AvgIpc) is 3.01. The Bertz CT molecular complexity index is 377. The van der Waals surface area contributed by atoms with Crippen LogP contribution in [0.1, 0.15) is 43.9 Å². The first-order chi connectivity index (χ1) is 8.30. The van der Waals surface area contributed by atoms with Crippen molar-refractivity contribution >= 4 is 0 Å². The molecular formula is C12H19N3O2. The van der Waals surface area contributed by atoms with E-state index >= 15 is 0 Å². The zero-order valence-electron chi connectivity index (χ0n) is 10.2. The molecule has 17 heavy (non-hydrogen) atoms. The highest BCUT2D eigenvalue weighted by Crippen LogP contribution is 2.37. The highest BCUT2D eigenvalue weighted by Gasteiger charge is 2.38. The maximum Gasteiger partial charge on any atom is 0.230 e. The van der Waals surface area contributed by atoms with Crippen LogP contribution in [0.3, 0.4) is 0 Å². The molecule has 0 unspecified atom stereocenters. The molecule has 0 radical (unpaired) electrons. The zero-order chi connectivity index (χ0) is 11.7. The van der Waals surface area contributed by atoms with E-state index in [0.29, 0.717) is 24.4 Å². The Labute approximate surface area is 101 Å². The lowest BCUT2D eigenvalue weighted by Crippen LogP contribution is -2.41.